The van der Waals surface area contributed by atoms with Crippen molar-refractivity contribution in [1.29, 1.82) is 0 Å². The SMILES string of the molecule is CCCCCCCCCOc1ccc(CNC)cc1OCC. The molecule has 0 aliphatic heterocycles. The molecular weight excluding hydrogens is 274 g/mol. The summed E-state index contributed by atoms with van der Waals surface area (Å²) in [4.78, 5) is 0. The first-order valence-electron chi connectivity index (χ1n) is 8.84. The molecule has 0 heterocycles. The Morgan fingerprint density at radius 1 is 0.864 bits per heavy atom. The van der Waals surface area contributed by atoms with Crippen LogP contribution in [0.4, 0.5) is 0 Å². The van der Waals surface area contributed by atoms with Gasteiger partial charge in [-0.15, -0.1) is 0 Å². The van der Waals surface area contributed by atoms with E-state index in [9.17, 15) is 0 Å². The highest BCUT2D eigenvalue weighted by atomic mass is 16.5. The fraction of sp³-hybridized carbons (Fsp3) is 0.684. The fourth-order valence-electron chi connectivity index (χ4n) is 2.50. The monoisotopic (exact) mass is 307 g/mol. The van der Waals surface area contributed by atoms with Gasteiger partial charge in [0.25, 0.3) is 0 Å². The first-order chi connectivity index (χ1) is 10.8. The normalized spacial score (nSPS) is 10.7. The number of benzene rings is 1. The van der Waals surface area contributed by atoms with Crippen LogP contribution in [0.25, 0.3) is 0 Å². The van der Waals surface area contributed by atoms with Crippen LogP contribution >= 0.6 is 0 Å². The van der Waals surface area contributed by atoms with E-state index in [1.807, 2.05) is 20.0 Å². The lowest BCUT2D eigenvalue weighted by Gasteiger charge is -2.13. The molecule has 0 saturated heterocycles. The topological polar surface area (TPSA) is 30.5 Å². The summed E-state index contributed by atoms with van der Waals surface area (Å²) in [5, 5.41) is 3.16. The highest BCUT2D eigenvalue weighted by molar-refractivity contribution is 5.43. The van der Waals surface area contributed by atoms with Crippen LogP contribution in [0, 0.1) is 0 Å². The van der Waals surface area contributed by atoms with E-state index < -0.39 is 0 Å². The molecule has 0 radical (unpaired) electrons. The third-order valence-corrected chi connectivity index (χ3v) is 3.69. The van der Waals surface area contributed by atoms with Gasteiger partial charge in [0.05, 0.1) is 13.2 Å². The van der Waals surface area contributed by atoms with Crippen molar-refractivity contribution in [2.45, 2.75) is 65.3 Å². The quantitative estimate of drug-likeness (QED) is 0.524. The van der Waals surface area contributed by atoms with Crippen molar-refractivity contribution in [2.24, 2.45) is 0 Å². The second kappa shape index (κ2) is 12.3. The third-order valence-electron chi connectivity index (χ3n) is 3.69. The lowest BCUT2D eigenvalue weighted by molar-refractivity contribution is 0.270. The van der Waals surface area contributed by atoms with Gasteiger partial charge in [-0.05, 0) is 38.1 Å². The van der Waals surface area contributed by atoms with Gasteiger partial charge in [-0.3, -0.25) is 0 Å². The van der Waals surface area contributed by atoms with Crippen molar-refractivity contribution >= 4 is 0 Å². The van der Waals surface area contributed by atoms with Crippen molar-refractivity contribution in [3.8, 4) is 11.5 Å². The van der Waals surface area contributed by atoms with Crippen LogP contribution in [0.1, 0.15) is 64.4 Å². The summed E-state index contributed by atoms with van der Waals surface area (Å²) in [6.45, 7) is 6.55. The van der Waals surface area contributed by atoms with E-state index in [4.69, 9.17) is 9.47 Å². The predicted molar refractivity (Wildman–Crippen MR) is 93.9 cm³/mol. The van der Waals surface area contributed by atoms with Gasteiger partial charge < -0.3 is 14.8 Å². The number of hydrogen-bond donors (Lipinski definition) is 1. The molecule has 1 rings (SSSR count). The van der Waals surface area contributed by atoms with Crippen LogP contribution in [0.5, 0.6) is 11.5 Å². The molecule has 3 heteroatoms. The van der Waals surface area contributed by atoms with Crippen molar-refractivity contribution in [1.82, 2.24) is 5.32 Å². The Morgan fingerprint density at radius 3 is 2.27 bits per heavy atom. The number of unbranched alkanes of at least 4 members (excludes halogenated alkanes) is 6. The molecule has 22 heavy (non-hydrogen) atoms. The largest absolute Gasteiger partial charge is 0.490 e. The molecule has 126 valence electrons. The molecule has 0 aliphatic carbocycles. The molecule has 1 aromatic rings. The highest BCUT2D eigenvalue weighted by Gasteiger charge is 2.06. The van der Waals surface area contributed by atoms with Gasteiger partial charge in [0.1, 0.15) is 0 Å². The maximum Gasteiger partial charge on any atom is 0.161 e. The Bertz CT molecular complexity index is 393. The van der Waals surface area contributed by atoms with E-state index in [2.05, 4.69) is 24.4 Å². The molecule has 0 unspecified atom stereocenters. The van der Waals surface area contributed by atoms with Crippen LogP contribution in [0.3, 0.4) is 0 Å². The molecule has 1 N–H and O–H groups in total. The average molecular weight is 307 g/mol. The minimum atomic E-state index is 0.663. The molecule has 0 fully saturated rings. The molecule has 0 atom stereocenters. The number of ether oxygens (including phenoxy) is 2. The lowest BCUT2D eigenvalue weighted by Crippen LogP contribution is -2.06. The summed E-state index contributed by atoms with van der Waals surface area (Å²) in [5.41, 5.74) is 1.22. The van der Waals surface area contributed by atoms with Crippen LogP contribution in [0.2, 0.25) is 0 Å². The molecule has 0 aliphatic rings. The maximum atomic E-state index is 5.91. The van der Waals surface area contributed by atoms with Crippen molar-refractivity contribution in [2.75, 3.05) is 20.3 Å². The van der Waals surface area contributed by atoms with E-state index in [0.717, 1.165) is 31.1 Å². The summed E-state index contributed by atoms with van der Waals surface area (Å²) in [6.07, 6.45) is 9.11. The minimum absolute atomic E-state index is 0.663. The molecule has 1 aromatic carbocycles. The second-order valence-electron chi connectivity index (χ2n) is 5.71. The van der Waals surface area contributed by atoms with Gasteiger partial charge >= 0.3 is 0 Å². The maximum absolute atomic E-state index is 5.91. The lowest BCUT2D eigenvalue weighted by atomic mass is 10.1. The Hall–Kier alpha value is -1.22. The van der Waals surface area contributed by atoms with E-state index in [1.165, 1.54) is 44.1 Å². The first-order valence-corrected chi connectivity index (χ1v) is 8.84. The number of hydrogen-bond acceptors (Lipinski definition) is 3. The summed E-state index contributed by atoms with van der Waals surface area (Å²) >= 11 is 0. The highest BCUT2D eigenvalue weighted by Crippen LogP contribution is 2.28. The van der Waals surface area contributed by atoms with Gasteiger partial charge in [-0.2, -0.15) is 0 Å². The minimum Gasteiger partial charge on any atom is -0.490 e. The van der Waals surface area contributed by atoms with E-state index in [-0.39, 0.29) is 0 Å². The number of rotatable bonds is 13. The van der Waals surface area contributed by atoms with Crippen LogP contribution in [-0.2, 0) is 6.54 Å². The average Bonchev–Trinajstić information content (AvgIpc) is 2.52. The summed E-state index contributed by atoms with van der Waals surface area (Å²) in [6, 6.07) is 6.19. The molecule has 3 nitrogen and oxygen atoms in total. The number of nitrogens with one attached hydrogen (secondary N) is 1. The molecular formula is C19H33NO2. The first kappa shape index (κ1) is 18.8. The van der Waals surface area contributed by atoms with Gasteiger partial charge in [-0.1, -0.05) is 51.5 Å². The zero-order chi connectivity index (χ0) is 16.0. The fourth-order valence-corrected chi connectivity index (χ4v) is 2.50. The van der Waals surface area contributed by atoms with Crippen molar-refractivity contribution in [3.63, 3.8) is 0 Å². The molecule has 0 bridgehead atoms. The van der Waals surface area contributed by atoms with E-state index in [0.29, 0.717) is 6.61 Å². The van der Waals surface area contributed by atoms with E-state index >= 15 is 0 Å². The zero-order valence-electron chi connectivity index (χ0n) is 14.6. The summed E-state index contributed by atoms with van der Waals surface area (Å²) in [7, 11) is 1.95. The van der Waals surface area contributed by atoms with Crippen molar-refractivity contribution in [3.05, 3.63) is 23.8 Å². The Morgan fingerprint density at radius 2 is 1.59 bits per heavy atom. The Labute approximate surface area is 136 Å². The molecule has 0 saturated carbocycles. The standard InChI is InChI=1S/C19H33NO2/c1-4-6-7-8-9-10-11-14-22-18-13-12-17(16-20-3)15-19(18)21-5-2/h12-13,15,20H,4-11,14,16H2,1-3H3. The summed E-state index contributed by atoms with van der Waals surface area (Å²) < 4.78 is 11.6. The van der Waals surface area contributed by atoms with Gasteiger partial charge in [-0.25, -0.2) is 0 Å². The predicted octanol–water partition coefficient (Wildman–Crippen LogP) is 4.93. The van der Waals surface area contributed by atoms with Crippen molar-refractivity contribution < 1.29 is 9.47 Å². The van der Waals surface area contributed by atoms with Crippen LogP contribution in [0.15, 0.2) is 18.2 Å². The molecule has 0 spiro atoms. The summed E-state index contributed by atoms with van der Waals surface area (Å²) in [5.74, 6) is 1.73. The zero-order valence-corrected chi connectivity index (χ0v) is 14.6. The van der Waals surface area contributed by atoms with E-state index in [1.54, 1.807) is 0 Å². The smallest absolute Gasteiger partial charge is 0.161 e. The van der Waals surface area contributed by atoms with Gasteiger partial charge in [0, 0.05) is 6.54 Å². The van der Waals surface area contributed by atoms with Gasteiger partial charge in [0.15, 0.2) is 11.5 Å². The Balaban J connectivity index is 2.31. The molecule has 0 aromatic heterocycles. The van der Waals surface area contributed by atoms with Crippen LogP contribution in [-0.4, -0.2) is 20.3 Å². The van der Waals surface area contributed by atoms with Gasteiger partial charge in [0.2, 0.25) is 0 Å². The van der Waals surface area contributed by atoms with Crippen LogP contribution < -0.4 is 14.8 Å². The molecule has 0 amide bonds. The third kappa shape index (κ3) is 7.69. The Kier molecular flexibility index (Phi) is 10.6. The second-order valence-corrected chi connectivity index (χ2v) is 5.71.